The summed E-state index contributed by atoms with van der Waals surface area (Å²) in [6, 6.07) is 13.6. The van der Waals surface area contributed by atoms with Crippen LogP contribution in [-0.2, 0) is 4.74 Å². The number of rotatable bonds is 2. The third kappa shape index (κ3) is 3.03. The zero-order valence-electron chi connectivity index (χ0n) is 15.3. The van der Waals surface area contributed by atoms with Crippen molar-refractivity contribution >= 4 is 5.91 Å². The molecule has 4 rings (SSSR count). The molecule has 136 valence electrons. The van der Waals surface area contributed by atoms with E-state index in [-0.39, 0.29) is 24.3 Å². The van der Waals surface area contributed by atoms with E-state index in [1.54, 1.807) is 18.2 Å². The van der Waals surface area contributed by atoms with E-state index in [1.165, 1.54) is 5.56 Å². The number of hydrogen-bond acceptors (Lipinski definition) is 4. The summed E-state index contributed by atoms with van der Waals surface area (Å²) in [5.41, 5.74) is 2.52. The van der Waals surface area contributed by atoms with Crippen molar-refractivity contribution in [3.63, 3.8) is 0 Å². The van der Waals surface area contributed by atoms with Crippen LogP contribution >= 0.6 is 0 Å². The van der Waals surface area contributed by atoms with Crippen molar-refractivity contribution in [2.45, 2.75) is 32.4 Å². The van der Waals surface area contributed by atoms with Gasteiger partial charge in [0.2, 0.25) is 6.79 Å². The second-order valence-electron chi connectivity index (χ2n) is 7.51. The molecule has 2 aromatic carbocycles. The van der Waals surface area contributed by atoms with E-state index < -0.39 is 0 Å². The Balaban J connectivity index is 1.60. The van der Waals surface area contributed by atoms with E-state index >= 15 is 0 Å². The summed E-state index contributed by atoms with van der Waals surface area (Å²) >= 11 is 0. The van der Waals surface area contributed by atoms with Crippen molar-refractivity contribution in [1.29, 1.82) is 0 Å². The predicted molar refractivity (Wildman–Crippen MR) is 97.6 cm³/mol. The van der Waals surface area contributed by atoms with Gasteiger partial charge in [0, 0.05) is 5.56 Å². The van der Waals surface area contributed by atoms with Crippen LogP contribution in [0.1, 0.15) is 41.4 Å². The average molecular weight is 353 g/mol. The van der Waals surface area contributed by atoms with Crippen LogP contribution in [0.5, 0.6) is 11.5 Å². The lowest BCUT2D eigenvalue weighted by Crippen LogP contribution is -2.56. The monoisotopic (exact) mass is 353 g/mol. The molecule has 5 nitrogen and oxygen atoms in total. The van der Waals surface area contributed by atoms with Crippen LogP contribution in [0, 0.1) is 6.92 Å². The molecule has 1 unspecified atom stereocenters. The van der Waals surface area contributed by atoms with E-state index in [1.807, 2.05) is 18.7 Å². The molecule has 2 aromatic rings. The number of amides is 1. The largest absolute Gasteiger partial charge is 0.454 e. The van der Waals surface area contributed by atoms with E-state index in [0.717, 1.165) is 5.56 Å². The highest BCUT2D eigenvalue weighted by Crippen LogP contribution is 2.35. The Hall–Kier alpha value is -2.53. The Labute approximate surface area is 153 Å². The number of carbonyl (C=O) groups excluding carboxylic acids is 1. The first kappa shape index (κ1) is 16.9. The maximum absolute atomic E-state index is 13.2. The Morgan fingerprint density at radius 2 is 1.81 bits per heavy atom. The van der Waals surface area contributed by atoms with Crippen LogP contribution in [0.25, 0.3) is 0 Å². The van der Waals surface area contributed by atoms with E-state index in [9.17, 15) is 4.79 Å². The van der Waals surface area contributed by atoms with Gasteiger partial charge in [-0.3, -0.25) is 4.79 Å². The molecule has 0 radical (unpaired) electrons. The lowest BCUT2D eigenvalue weighted by Gasteiger charge is -2.45. The van der Waals surface area contributed by atoms with E-state index in [2.05, 4.69) is 31.2 Å². The number of nitrogens with zero attached hydrogens (tertiary/aromatic N) is 1. The van der Waals surface area contributed by atoms with Crippen LogP contribution in [0.3, 0.4) is 0 Å². The molecule has 26 heavy (non-hydrogen) atoms. The normalized spacial score (nSPS) is 20.9. The molecule has 0 saturated carbocycles. The van der Waals surface area contributed by atoms with Gasteiger partial charge in [-0.2, -0.15) is 0 Å². The summed E-state index contributed by atoms with van der Waals surface area (Å²) in [6.07, 6.45) is -0.124. The standard InChI is InChI=1S/C21H23NO4/c1-14-4-6-15(7-5-14)19-11-22(21(2,3)12-24-19)20(23)16-8-9-17-18(10-16)26-13-25-17/h4-10,19H,11-13H2,1-3H3. The van der Waals surface area contributed by atoms with E-state index in [4.69, 9.17) is 14.2 Å². The number of carbonyl (C=O) groups is 1. The van der Waals surface area contributed by atoms with Gasteiger partial charge in [-0.15, -0.1) is 0 Å². The van der Waals surface area contributed by atoms with Crippen LogP contribution in [-0.4, -0.2) is 36.3 Å². The van der Waals surface area contributed by atoms with Gasteiger partial charge in [-0.25, -0.2) is 0 Å². The van der Waals surface area contributed by atoms with Gasteiger partial charge < -0.3 is 19.1 Å². The van der Waals surface area contributed by atoms with Crippen molar-refractivity contribution < 1.29 is 19.0 Å². The van der Waals surface area contributed by atoms with Crippen molar-refractivity contribution in [2.24, 2.45) is 0 Å². The predicted octanol–water partition coefficient (Wildman–Crippen LogP) is 3.72. The zero-order valence-corrected chi connectivity index (χ0v) is 15.3. The molecule has 1 fully saturated rings. The van der Waals surface area contributed by atoms with Gasteiger partial charge in [-0.1, -0.05) is 29.8 Å². The summed E-state index contributed by atoms with van der Waals surface area (Å²) in [5, 5.41) is 0. The molecule has 5 heteroatoms. The van der Waals surface area contributed by atoms with Crippen LogP contribution in [0.15, 0.2) is 42.5 Å². The Morgan fingerprint density at radius 1 is 1.08 bits per heavy atom. The van der Waals surface area contributed by atoms with Crippen LogP contribution < -0.4 is 9.47 Å². The molecular weight excluding hydrogens is 330 g/mol. The van der Waals surface area contributed by atoms with Crippen molar-refractivity contribution in [2.75, 3.05) is 19.9 Å². The fourth-order valence-corrected chi connectivity index (χ4v) is 3.37. The maximum Gasteiger partial charge on any atom is 0.254 e. The summed E-state index contributed by atoms with van der Waals surface area (Å²) in [4.78, 5) is 15.1. The first-order chi connectivity index (χ1) is 12.4. The second-order valence-corrected chi connectivity index (χ2v) is 7.51. The molecule has 0 aromatic heterocycles. The Kier molecular flexibility index (Phi) is 4.11. The molecule has 2 aliphatic rings. The third-order valence-electron chi connectivity index (χ3n) is 5.03. The number of hydrogen-bond donors (Lipinski definition) is 0. The third-order valence-corrected chi connectivity index (χ3v) is 5.03. The number of aryl methyl sites for hydroxylation is 1. The number of ether oxygens (including phenoxy) is 3. The summed E-state index contributed by atoms with van der Waals surface area (Å²) in [6.45, 7) is 7.33. The average Bonchev–Trinajstić information content (AvgIpc) is 3.09. The smallest absolute Gasteiger partial charge is 0.254 e. The molecule has 2 heterocycles. The lowest BCUT2D eigenvalue weighted by atomic mass is 9.96. The molecule has 1 amide bonds. The van der Waals surface area contributed by atoms with Gasteiger partial charge in [0.25, 0.3) is 5.91 Å². The molecule has 2 aliphatic heterocycles. The van der Waals surface area contributed by atoms with Gasteiger partial charge in [0.15, 0.2) is 11.5 Å². The first-order valence-electron chi connectivity index (χ1n) is 8.84. The van der Waals surface area contributed by atoms with Gasteiger partial charge in [0.1, 0.15) is 6.10 Å². The van der Waals surface area contributed by atoms with Crippen molar-refractivity contribution in [1.82, 2.24) is 4.90 Å². The SMILES string of the molecule is Cc1ccc(C2CN(C(=O)c3ccc4c(c3)OCO4)C(C)(C)CO2)cc1. The molecule has 1 atom stereocenters. The van der Waals surface area contributed by atoms with Gasteiger partial charge >= 0.3 is 0 Å². The Morgan fingerprint density at radius 3 is 2.58 bits per heavy atom. The molecule has 0 N–H and O–H groups in total. The molecule has 0 spiro atoms. The molecule has 0 aliphatic carbocycles. The van der Waals surface area contributed by atoms with Gasteiger partial charge in [0.05, 0.1) is 18.7 Å². The molecule has 0 bridgehead atoms. The minimum absolute atomic E-state index is 0.0197. The second kappa shape index (κ2) is 6.32. The van der Waals surface area contributed by atoms with Crippen molar-refractivity contribution in [3.05, 3.63) is 59.2 Å². The highest BCUT2D eigenvalue weighted by molar-refractivity contribution is 5.95. The highest BCUT2D eigenvalue weighted by Gasteiger charge is 2.39. The minimum atomic E-state index is -0.380. The quantitative estimate of drug-likeness (QED) is 0.826. The number of fused-ring (bicyclic) bond motifs is 1. The first-order valence-corrected chi connectivity index (χ1v) is 8.84. The molecule has 1 saturated heterocycles. The summed E-state index contributed by atoms with van der Waals surface area (Å²) in [7, 11) is 0. The van der Waals surface area contributed by atoms with Gasteiger partial charge in [-0.05, 0) is 44.5 Å². The fourth-order valence-electron chi connectivity index (χ4n) is 3.37. The maximum atomic E-state index is 13.2. The number of morpholine rings is 1. The highest BCUT2D eigenvalue weighted by atomic mass is 16.7. The van der Waals surface area contributed by atoms with Crippen molar-refractivity contribution in [3.8, 4) is 11.5 Å². The Bertz CT molecular complexity index is 828. The summed E-state index contributed by atoms with van der Waals surface area (Å²) < 4.78 is 16.8. The fraction of sp³-hybridized carbons (Fsp3) is 0.381. The summed E-state index contributed by atoms with van der Waals surface area (Å²) in [5.74, 6) is 1.28. The van der Waals surface area contributed by atoms with Crippen LogP contribution in [0.2, 0.25) is 0 Å². The minimum Gasteiger partial charge on any atom is -0.454 e. The zero-order chi connectivity index (χ0) is 18.3. The number of benzene rings is 2. The van der Waals surface area contributed by atoms with E-state index in [0.29, 0.717) is 30.2 Å². The lowest BCUT2D eigenvalue weighted by molar-refractivity contribution is -0.0846. The topological polar surface area (TPSA) is 48.0 Å². The molecular formula is C21H23NO4. The van der Waals surface area contributed by atoms with Crippen LogP contribution in [0.4, 0.5) is 0 Å².